The Hall–Kier alpha value is -3.63. The molecule has 0 atom stereocenters. The minimum Gasteiger partial charge on any atom is -0.406 e. The molecular formula is C15H11F3N6O2. The molecule has 0 fully saturated rings. The predicted molar refractivity (Wildman–Crippen MR) is 85.5 cm³/mol. The van der Waals surface area contributed by atoms with Crippen molar-refractivity contribution < 1.29 is 17.9 Å². The molecule has 4 N–H and O–H groups in total. The van der Waals surface area contributed by atoms with E-state index in [0.717, 1.165) is 16.7 Å². The highest BCUT2D eigenvalue weighted by atomic mass is 19.4. The summed E-state index contributed by atoms with van der Waals surface area (Å²) in [5.74, 6) is -0.421. The fraction of sp³-hybridized carbons (Fsp3) is 0.0667. The maximum atomic E-state index is 12.4. The van der Waals surface area contributed by atoms with Crippen molar-refractivity contribution in [1.29, 1.82) is 5.53 Å². The number of halogens is 3. The van der Waals surface area contributed by atoms with Crippen LogP contribution in [0.1, 0.15) is 0 Å². The predicted octanol–water partition coefficient (Wildman–Crippen LogP) is 3.37. The Balaban J connectivity index is 2.11. The normalized spacial score (nSPS) is 11.3. The zero-order chi connectivity index (χ0) is 18.9. The molecule has 3 rings (SSSR count). The van der Waals surface area contributed by atoms with Gasteiger partial charge in [0.2, 0.25) is 0 Å². The van der Waals surface area contributed by atoms with Crippen LogP contribution in [0.15, 0.2) is 52.8 Å². The highest BCUT2D eigenvalue weighted by Crippen LogP contribution is 2.33. The first-order chi connectivity index (χ1) is 12.3. The lowest BCUT2D eigenvalue weighted by Crippen LogP contribution is -2.21. The van der Waals surface area contributed by atoms with Gasteiger partial charge in [0, 0.05) is 29.2 Å². The van der Waals surface area contributed by atoms with Crippen molar-refractivity contribution in [2.75, 3.05) is 5.73 Å². The van der Waals surface area contributed by atoms with Gasteiger partial charge < -0.3 is 10.5 Å². The zero-order valence-electron chi connectivity index (χ0n) is 12.9. The summed E-state index contributed by atoms with van der Waals surface area (Å²) < 4.78 is 41.7. The molecule has 2 heterocycles. The van der Waals surface area contributed by atoms with E-state index in [1.54, 1.807) is 0 Å². The molecule has 0 bridgehead atoms. The van der Waals surface area contributed by atoms with Crippen LogP contribution in [-0.4, -0.2) is 21.1 Å². The zero-order valence-corrected chi connectivity index (χ0v) is 12.9. The Morgan fingerprint density at radius 1 is 1.27 bits per heavy atom. The van der Waals surface area contributed by atoms with Gasteiger partial charge in [0.1, 0.15) is 17.1 Å². The number of benzene rings is 1. The first-order valence-electron chi connectivity index (χ1n) is 7.08. The van der Waals surface area contributed by atoms with Crippen LogP contribution >= 0.6 is 0 Å². The summed E-state index contributed by atoms with van der Waals surface area (Å²) in [6.45, 7) is 0. The molecule has 2 aromatic heterocycles. The van der Waals surface area contributed by atoms with E-state index in [1.807, 2.05) is 0 Å². The topological polar surface area (TPSA) is 122 Å². The molecule has 134 valence electrons. The van der Waals surface area contributed by atoms with Crippen molar-refractivity contribution in [3.63, 3.8) is 0 Å². The standard InChI is InChI=1S/C15H11F3N6O2/c16-15(17,18)26-10-3-1-9(2-4-10)24-7-11(8-5-21-22-6-8)13(23-20)12(19)14(24)25/h1-7,20H,19H2,(H,21,22). The fourth-order valence-electron chi connectivity index (χ4n) is 2.36. The smallest absolute Gasteiger partial charge is 0.406 e. The average Bonchev–Trinajstić information content (AvgIpc) is 3.11. The number of nitrogens with one attached hydrogen (secondary N) is 2. The monoisotopic (exact) mass is 364 g/mol. The number of hydrogen-bond acceptors (Lipinski definition) is 6. The van der Waals surface area contributed by atoms with Gasteiger partial charge in [0.25, 0.3) is 5.56 Å². The fourth-order valence-corrected chi connectivity index (χ4v) is 2.36. The van der Waals surface area contributed by atoms with E-state index in [0.29, 0.717) is 11.1 Å². The number of alkyl halides is 3. The van der Waals surface area contributed by atoms with Gasteiger partial charge in [-0.1, -0.05) is 0 Å². The number of aromatic nitrogens is 3. The van der Waals surface area contributed by atoms with E-state index in [4.69, 9.17) is 11.3 Å². The number of nitrogens with two attached hydrogens (primary N) is 1. The lowest BCUT2D eigenvalue weighted by atomic mass is 10.1. The molecule has 1 aromatic carbocycles. The SMILES string of the molecule is N=Nc1c(-c2cn[nH]c2)cn(-c2ccc(OC(F)(F)F)cc2)c(=O)c1N. The van der Waals surface area contributed by atoms with Gasteiger partial charge in [-0.25, -0.2) is 5.53 Å². The summed E-state index contributed by atoms with van der Waals surface area (Å²) >= 11 is 0. The van der Waals surface area contributed by atoms with Gasteiger partial charge in [-0.3, -0.25) is 14.5 Å². The van der Waals surface area contributed by atoms with E-state index in [2.05, 4.69) is 20.0 Å². The number of nitrogens with zero attached hydrogens (tertiary/aromatic N) is 3. The Kier molecular flexibility index (Phi) is 4.20. The highest BCUT2D eigenvalue weighted by molar-refractivity contribution is 5.82. The van der Waals surface area contributed by atoms with Crippen LogP contribution in [0.25, 0.3) is 16.8 Å². The van der Waals surface area contributed by atoms with E-state index >= 15 is 0 Å². The molecule has 0 radical (unpaired) electrons. The lowest BCUT2D eigenvalue weighted by Gasteiger charge is -2.13. The van der Waals surface area contributed by atoms with Gasteiger partial charge >= 0.3 is 6.36 Å². The molecule has 3 aromatic rings. The molecule has 0 aliphatic carbocycles. The molecule has 0 unspecified atom stereocenters. The summed E-state index contributed by atoms with van der Waals surface area (Å²) in [5, 5.41) is 9.69. The van der Waals surface area contributed by atoms with Crippen LogP contribution in [-0.2, 0) is 0 Å². The van der Waals surface area contributed by atoms with Crippen LogP contribution < -0.4 is 16.0 Å². The van der Waals surface area contributed by atoms with Crippen molar-refractivity contribution in [2.45, 2.75) is 6.36 Å². The second-order valence-electron chi connectivity index (χ2n) is 5.12. The third-order valence-corrected chi connectivity index (χ3v) is 3.49. The van der Waals surface area contributed by atoms with E-state index in [1.165, 1.54) is 30.7 Å². The van der Waals surface area contributed by atoms with Crippen molar-refractivity contribution in [1.82, 2.24) is 14.8 Å². The second kappa shape index (κ2) is 6.35. The summed E-state index contributed by atoms with van der Waals surface area (Å²) in [7, 11) is 0. The first-order valence-corrected chi connectivity index (χ1v) is 7.08. The second-order valence-corrected chi connectivity index (χ2v) is 5.12. The number of pyridine rings is 1. The number of anilines is 1. The van der Waals surface area contributed by atoms with Crippen LogP contribution in [0.4, 0.5) is 24.5 Å². The molecule has 0 aliphatic rings. The molecule has 0 amide bonds. The number of aromatic amines is 1. The number of hydrogen-bond donors (Lipinski definition) is 3. The molecule has 0 saturated carbocycles. The summed E-state index contributed by atoms with van der Waals surface area (Å²) in [6.07, 6.45) is -0.442. The maximum absolute atomic E-state index is 12.4. The molecule has 0 spiro atoms. The lowest BCUT2D eigenvalue weighted by molar-refractivity contribution is -0.274. The molecule has 11 heteroatoms. The van der Waals surface area contributed by atoms with Gasteiger partial charge in [-0.15, -0.1) is 13.2 Å². The Labute approximate surface area is 143 Å². The molecule has 26 heavy (non-hydrogen) atoms. The van der Waals surface area contributed by atoms with Crippen LogP contribution in [0.2, 0.25) is 0 Å². The third kappa shape index (κ3) is 3.27. The van der Waals surface area contributed by atoms with E-state index in [-0.39, 0.29) is 17.1 Å². The first kappa shape index (κ1) is 17.2. The molecule has 0 saturated heterocycles. The third-order valence-electron chi connectivity index (χ3n) is 3.49. The van der Waals surface area contributed by atoms with E-state index in [9.17, 15) is 18.0 Å². The summed E-state index contributed by atoms with van der Waals surface area (Å²) in [4.78, 5) is 12.4. The summed E-state index contributed by atoms with van der Waals surface area (Å²) in [5.41, 5.74) is 13.3. The Morgan fingerprint density at radius 3 is 2.50 bits per heavy atom. The minimum atomic E-state index is -4.81. The molecular weight excluding hydrogens is 353 g/mol. The van der Waals surface area contributed by atoms with Gasteiger partial charge in [0.15, 0.2) is 0 Å². The Morgan fingerprint density at radius 2 is 1.96 bits per heavy atom. The van der Waals surface area contributed by atoms with E-state index < -0.39 is 17.7 Å². The van der Waals surface area contributed by atoms with Crippen LogP contribution in [0.3, 0.4) is 0 Å². The quantitative estimate of drug-likeness (QED) is 0.614. The molecule has 0 aliphatic heterocycles. The van der Waals surface area contributed by atoms with Gasteiger partial charge in [-0.05, 0) is 24.3 Å². The highest BCUT2D eigenvalue weighted by Gasteiger charge is 2.31. The summed E-state index contributed by atoms with van der Waals surface area (Å²) in [6, 6.07) is 4.70. The van der Waals surface area contributed by atoms with Gasteiger partial charge in [-0.2, -0.15) is 10.2 Å². The number of ether oxygens (including phenoxy) is 1. The minimum absolute atomic E-state index is 0.0234. The number of rotatable bonds is 4. The maximum Gasteiger partial charge on any atom is 0.573 e. The van der Waals surface area contributed by atoms with Crippen molar-refractivity contribution in [3.8, 4) is 22.6 Å². The Bertz CT molecular complexity index is 994. The van der Waals surface area contributed by atoms with Crippen LogP contribution in [0, 0.1) is 5.53 Å². The largest absolute Gasteiger partial charge is 0.573 e. The van der Waals surface area contributed by atoms with Crippen molar-refractivity contribution in [3.05, 3.63) is 53.2 Å². The molecule has 8 nitrogen and oxygen atoms in total. The van der Waals surface area contributed by atoms with Crippen molar-refractivity contribution >= 4 is 11.4 Å². The number of nitrogen functional groups attached to an aromatic ring is 1. The van der Waals surface area contributed by atoms with Gasteiger partial charge in [0.05, 0.1) is 6.20 Å². The number of H-pyrrole nitrogens is 1. The average molecular weight is 364 g/mol. The van der Waals surface area contributed by atoms with Crippen molar-refractivity contribution in [2.24, 2.45) is 5.11 Å². The van der Waals surface area contributed by atoms with Crippen LogP contribution in [0.5, 0.6) is 5.75 Å².